The lowest BCUT2D eigenvalue weighted by Gasteiger charge is -2.17. The number of hydrogen-bond acceptors (Lipinski definition) is 3. The van der Waals surface area contributed by atoms with Gasteiger partial charge < -0.3 is 15.8 Å². The second-order valence-corrected chi connectivity index (χ2v) is 5.18. The largest absolute Gasteiger partial charge is 0.378 e. The first-order chi connectivity index (χ1) is 7.66. The molecule has 2 fully saturated rings. The monoisotopic (exact) mass is 226 g/mol. The summed E-state index contributed by atoms with van der Waals surface area (Å²) in [5.41, 5.74) is 5.96. The first-order valence-corrected chi connectivity index (χ1v) is 6.31. The van der Waals surface area contributed by atoms with Crippen molar-refractivity contribution < 1.29 is 9.53 Å². The molecule has 4 heteroatoms. The van der Waals surface area contributed by atoms with Crippen LogP contribution in [-0.2, 0) is 9.53 Å². The summed E-state index contributed by atoms with van der Waals surface area (Å²) in [6.45, 7) is 3.33. The fraction of sp³-hybridized carbons (Fsp3) is 0.917. The topological polar surface area (TPSA) is 64.4 Å². The zero-order valence-electron chi connectivity index (χ0n) is 9.95. The Morgan fingerprint density at radius 3 is 2.88 bits per heavy atom. The molecule has 0 spiro atoms. The Bertz CT molecular complexity index is 257. The summed E-state index contributed by atoms with van der Waals surface area (Å²) in [4.78, 5) is 11.8. The molecule has 3 N–H and O–H groups in total. The molecular weight excluding hydrogens is 204 g/mol. The molecule has 2 rings (SSSR count). The van der Waals surface area contributed by atoms with Gasteiger partial charge in [-0.2, -0.15) is 0 Å². The minimum absolute atomic E-state index is 0.0487. The van der Waals surface area contributed by atoms with Crippen LogP contribution < -0.4 is 11.1 Å². The molecule has 4 nitrogen and oxygen atoms in total. The second-order valence-electron chi connectivity index (χ2n) is 5.18. The van der Waals surface area contributed by atoms with Crippen molar-refractivity contribution in [3.05, 3.63) is 0 Å². The van der Waals surface area contributed by atoms with Crippen molar-refractivity contribution in [1.82, 2.24) is 5.32 Å². The minimum atomic E-state index is 0.0487. The van der Waals surface area contributed by atoms with Gasteiger partial charge in [0.2, 0.25) is 5.91 Å². The summed E-state index contributed by atoms with van der Waals surface area (Å²) < 4.78 is 5.39. The molecule has 1 saturated heterocycles. The summed E-state index contributed by atoms with van der Waals surface area (Å²) in [6, 6.07) is 0.277. The Kier molecular flexibility index (Phi) is 3.82. The standard InChI is InChI=1S/C12H22N2O2/c1-8-5-10(7-16-8)12(15)14-6-9-3-2-4-11(9)13/h8-11H,2-7,13H2,1H3,(H,14,15). The first-order valence-electron chi connectivity index (χ1n) is 6.31. The first kappa shape index (κ1) is 11.9. The number of amides is 1. The highest BCUT2D eigenvalue weighted by atomic mass is 16.5. The summed E-state index contributed by atoms with van der Waals surface area (Å²) in [7, 11) is 0. The number of nitrogens with one attached hydrogen (secondary N) is 1. The Hall–Kier alpha value is -0.610. The Labute approximate surface area is 96.9 Å². The summed E-state index contributed by atoms with van der Waals surface area (Å²) in [5, 5.41) is 3.02. The molecule has 0 aromatic carbocycles. The van der Waals surface area contributed by atoms with Gasteiger partial charge in [0.25, 0.3) is 0 Å². The summed E-state index contributed by atoms with van der Waals surface area (Å²) in [6.07, 6.45) is 4.53. The van der Waals surface area contributed by atoms with Gasteiger partial charge in [0, 0.05) is 12.6 Å². The van der Waals surface area contributed by atoms with E-state index in [1.54, 1.807) is 0 Å². The second kappa shape index (κ2) is 5.15. The fourth-order valence-corrected chi connectivity index (χ4v) is 2.69. The average molecular weight is 226 g/mol. The lowest BCUT2D eigenvalue weighted by Crippen LogP contribution is -2.38. The van der Waals surface area contributed by atoms with Gasteiger partial charge in [-0.3, -0.25) is 4.79 Å². The molecule has 1 aliphatic carbocycles. The molecule has 1 saturated carbocycles. The van der Waals surface area contributed by atoms with E-state index in [0.29, 0.717) is 12.5 Å². The number of carbonyl (C=O) groups excluding carboxylic acids is 1. The zero-order chi connectivity index (χ0) is 11.5. The van der Waals surface area contributed by atoms with E-state index in [-0.39, 0.29) is 24.0 Å². The molecule has 1 amide bonds. The third-order valence-corrected chi connectivity index (χ3v) is 3.83. The van der Waals surface area contributed by atoms with Crippen LogP contribution in [0.5, 0.6) is 0 Å². The van der Waals surface area contributed by atoms with Gasteiger partial charge >= 0.3 is 0 Å². The molecule has 4 atom stereocenters. The van der Waals surface area contributed by atoms with Crippen LogP contribution in [0.15, 0.2) is 0 Å². The number of carbonyl (C=O) groups is 1. The smallest absolute Gasteiger partial charge is 0.225 e. The summed E-state index contributed by atoms with van der Waals surface area (Å²) >= 11 is 0. The van der Waals surface area contributed by atoms with Crippen molar-refractivity contribution in [3.63, 3.8) is 0 Å². The van der Waals surface area contributed by atoms with Gasteiger partial charge in [-0.1, -0.05) is 6.42 Å². The maximum absolute atomic E-state index is 11.8. The van der Waals surface area contributed by atoms with Gasteiger partial charge in [0.05, 0.1) is 18.6 Å². The number of rotatable bonds is 3. The van der Waals surface area contributed by atoms with Crippen LogP contribution in [0.3, 0.4) is 0 Å². The van der Waals surface area contributed by atoms with Crippen molar-refractivity contribution in [2.45, 2.75) is 44.8 Å². The lowest BCUT2D eigenvalue weighted by atomic mass is 10.0. The predicted octanol–water partition coefficient (Wildman–Crippen LogP) is 0.655. The summed E-state index contributed by atoms with van der Waals surface area (Å²) in [5.74, 6) is 0.666. The van der Waals surface area contributed by atoms with E-state index in [1.165, 1.54) is 6.42 Å². The highest BCUT2D eigenvalue weighted by molar-refractivity contribution is 5.79. The molecule has 1 heterocycles. The zero-order valence-corrected chi connectivity index (χ0v) is 9.95. The van der Waals surface area contributed by atoms with Gasteiger partial charge in [0.1, 0.15) is 0 Å². The van der Waals surface area contributed by atoms with E-state index in [0.717, 1.165) is 25.8 Å². The van der Waals surface area contributed by atoms with Crippen LogP contribution in [0.2, 0.25) is 0 Å². The highest BCUT2D eigenvalue weighted by Crippen LogP contribution is 2.24. The van der Waals surface area contributed by atoms with Crippen LogP contribution >= 0.6 is 0 Å². The molecule has 0 aromatic heterocycles. The van der Waals surface area contributed by atoms with E-state index in [4.69, 9.17) is 10.5 Å². The molecule has 0 aromatic rings. The molecule has 0 radical (unpaired) electrons. The van der Waals surface area contributed by atoms with Crippen molar-refractivity contribution in [1.29, 1.82) is 0 Å². The maximum Gasteiger partial charge on any atom is 0.225 e. The van der Waals surface area contributed by atoms with Gasteiger partial charge in [-0.25, -0.2) is 0 Å². The van der Waals surface area contributed by atoms with Gasteiger partial charge in [-0.15, -0.1) is 0 Å². The maximum atomic E-state index is 11.8. The molecule has 0 bridgehead atoms. The molecule has 16 heavy (non-hydrogen) atoms. The van der Waals surface area contributed by atoms with E-state index < -0.39 is 0 Å². The molecule has 4 unspecified atom stereocenters. The Morgan fingerprint density at radius 1 is 1.50 bits per heavy atom. The fourth-order valence-electron chi connectivity index (χ4n) is 2.69. The third-order valence-electron chi connectivity index (χ3n) is 3.83. The van der Waals surface area contributed by atoms with E-state index in [9.17, 15) is 4.79 Å². The van der Waals surface area contributed by atoms with Gasteiger partial charge in [0.15, 0.2) is 0 Å². The van der Waals surface area contributed by atoms with E-state index in [1.807, 2.05) is 6.92 Å². The predicted molar refractivity (Wildman–Crippen MR) is 61.8 cm³/mol. The SMILES string of the molecule is CC1CC(C(=O)NCC2CCCC2N)CO1. The van der Waals surface area contributed by atoms with Crippen LogP contribution in [0.4, 0.5) is 0 Å². The van der Waals surface area contributed by atoms with E-state index in [2.05, 4.69) is 5.32 Å². The van der Waals surface area contributed by atoms with Crippen LogP contribution in [0, 0.1) is 11.8 Å². The van der Waals surface area contributed by atoms with Crippen molar-refractivity contribution in [2.75, 3.05) is 13.2 Å². The van der Waals surface area contributed by atoms with Crippen molar-refractivity contribution >= 4 is 5.91 Å². The van der Waals surface area contributed by atoms with Crippen LogP contribution in [0.25, 0.3) is 0 Å². The average Bonchev–Trinajstić information content (AvgIpc) is 2.84. The molecular formula is C12H22N2O2. The number of nitrogens with two attached hydrogens (primary N) is 1. The molecule has 2 aliphatic rings. The van der Waals surface area contributed by atoms with Crippen LogP contribution in [-0.4, -0.2) is 31.2 Å². The highest BCUT2D eigenvalue weighted by Gasteiger charge is 2.29. The minimum Gasteiger partial charge on any atom is -0.378 e. The third kappa shape index (κ3) is 2.74. The molecule has 1 aliphatic heterocycles. The Morgan fingerprint density at radius 2 is 2.31 bits per heavy atom. The number of ether oxygens (including phenoxy) is 1. The van der Waals surface area contributed by atoms with E-state index >= 15 is 0 Å². The van der Waals surface area contributed by atoms with Crippen LogP contribution in [0.1, 0.15) is 32.6 Å². The normalized spacial score (nSPS) is 38.9. The lowest BCUT2D eigenvalue weighted by molar-refractivity contribution is -0.125. The molecule has 92 valence electrons. The quantitative estimate of drug-likeness (QED) is 0.743. The van der Waals surface area contributed by atoms with Gasteiger partial charge in [-0.05, 0) is 32.1 Å². The van der Waals surface area contributed by atoms with Crippen molar-refractivity contribution in [2.24, 2.45) is 17.6 Å². The van der Waals surface area contributed by atoms with Crippen molar-refractivity contribution in [3.8, 4) is 0 Å². The Balaban J connectivity index is 1.71. The number of hydrogen-bond donors (Lipinski definition) is 2.